The number of carboxylic acid groups (broad SMARTS) is 1. The molecule has 1 aliphatic rings. The first-order chi connectivity index (χ1) is 14.5. The average molecular weight is 425 g/mol. The summed E-state index contributed by atoms with van der Waals surface area (Å²) in [5.74, 6) is 0.816. The predicted octanol–water partition coefficient (Wildman–Crippen LogP) is 4.30. The van der Waals surface area contributed by atoms with E-state index in [9.17, 15) is 0 Å². The fourth-order valence-electron chi connectivity index (χ4n) is 3.38. The van der Waals surface area contributed by atoms with Gasteiger partial charge in [0, 0.05) is 5.02 Å². The highest BCUT2D eigenvalue weighted by atomic mass is 35.5. The van der Waals surface area contributed by atoms with Crippen LogP contribution in [0.3, 0.4) is 0 Å². The van der Waals surface area contributed by atoms with Crippen molar-refractivity contribution in [2.45, 2.75) is 5.54 Å². The van der Waals surface area contributed by atoms with Crippen LogP contribution in [-0.2, 0) is 15.1 Å². The zero-order valence-electron chi connectivity index (χ0n) is 16.3. The van der Waals surface area contributed by atoms with Crippen LogP contribution in [0.4, 0.5) is 0 Å². The normalized spacial score (nSPS) is 17.2. The maximum atomic E-state index is 8.36. The Morgan fingerprint density at radius 2 is 1.70 bits per heavy atom. The van der Waals surface area contributed by atoms with Gasteiger partial charge in [0.05, 0.1) is 7.11 Å². The van der Waals surface area contributed by atoms with Gasteiger partial charge in [0.15, 0.2) is 5.54 Å². The van der Waals surface area contributed by atoms with Gasteiger partial charge in [-0.15, -0.1) is 0 Å². The molecule has 1 aliphatic heterocycles. The van der Waals surface area contributed by atoms with Crippen LogP contribution in [0.5, 0.6) is 5.75 Å². The smallest absolute Gasteiger partial charge is 0.290 e. The van der Waals surface area contributed by atoms with E-state index >= 15 is 0 Å². The monoisotopic (exact) mass is 424 g/mol. The third-order valence-electron chi connectivity index (χ3n) is 4.79. The summed E-state index contributed by atoms with van der Waals surface area (Å²) in [6.07, 6.45) is 0. The summed E-state index contributed by atoms with van der Waals surface area (Å²) >= 11 is 6.07. The third-order valence-corrected chi connectivity index (χ3v) is 5.05. The van der Waals surface area contributed by atoms with Crippen molar-refractivity contribution in [3.8, 4) is 16.9 Å². The highest BCUT2D eigenvalue weighted by Gasteiger charge is 2.40. The van der Waals surface area contributed by atoms with Gasteiger partial charge in [-0.05, 0) is 52.6 Å². The van der Waals surface area contributed by atoms with Gasteiger partial charge < -0.3 is 20.3 Å². The van der Waals surface area contributed by atoms with Crippen LogP contribution in [0, 0.1) is 0 Å². The van der Waals surface area contributed by atoms with Crippen molar-refractivity contribution in [2.24, 2.45) is 10.7 Å². The second kappa shape index (κ2) is 9.33. The van der Waals surface area contributed by atoms with Gasteiger partial charge in [-0.3, -0.25) is 4.79 Å². The van der Waals surface area contributed by atoms with Crippen molar-refractivity contribution >= 4 is 24.1 Å². The second-order valence-corrected chi connectivity index (χ2v) is 6.96. The molecule has 0 aliphatic carbocycles. The Kier molecular flexibility index (Phi) is 6.59. The molecule has 3 N–H and O–H groups in total. The molecule has 4 rings (SSSR count). The minimum Gasteiger partial charge on any atom is -0.497 e. The Labute approximate surface area is 179 Å². The number of amidine groups is 1. The SMILES string of the molecule is COc1cccc(-c2cccc(C3(c4ccc(Cl)cc4)COC(N)=N3)c2)c1.O=CO. The van der Waals surface area contributed by atoms with Gasteiger partial charge >= 0.3 is 0 Å². The Balaban J connectivity index is 0.000000806. The Morgan fingerprint density at radius 1 is 1.07 bits per heavy atom. The summed E-state index contributed by atoms with van der Waals surface area (Å²) in [7, 11) is 1.67. The first-order valence-electron chi connectivity index (χ1n) is 9.09. The first kappa shape index (κ1) is 21.2. The van der Waals surface area contributed by atoms with Crippen LogP contribution in [0.1, 0.15) is 11.1 Å². The van der Waals surface area contributed by atoms with Crippen molar-refractivity contribution < 1.29 is 19.4 Å². The molecule has 0 radical (unpaired) electrons. The zero-order valence-corrected chi connectivity index (χ0v) is 17.0. The van der Waals surface area contributed by atoms with E-state index < -0.39 is 5.54 Å². The molecule has 1 heterocycles. The van der Waals surface area contributed by atoms with E-state index in [1.165, 1.54) is 0 Å². The van der Waals surface area contributed by atoms with E-state index in [2.05, 4.69) is 23.2 Å². The zero-order chi connectivity index (χ0) is 21.6. The van der Waals surface area contributed by atoms with E-state index in [1.807, 2.05) is 54.6 Å². The number of carbonyl (C=O) groups is 1. The molecule has 30 heavy (non-hydrogen) atoms. The summed E-state index contributed by atoms with van der Waals surface area (Å²) in [6.45, 7) is 0.0992. The second-order valence-electron chi connectivity index (χ2n) is 6.52. The largest absolute Gasteiger partial charge is 0.497 e. The number of aliphatic imine (C=N–C) groups is 1. The maximum Gasteiger partial charge on any atom is 0.290 e. The topological polar surface area (TPSA) is 94.1 Å². The van der Waals surface area contributed by atoms with Gasteiger partial charge in [-0.1, -0.05) is 54.1 Å². The van der Waals surface area contributed by atoms with E-state index in [4.69, 9.17) is 36.7 Å². The summed E-state index contributed by atoms with van der Waals surface area (Å²) in [4.78, 5) is 13.0. The lowest BCUT2D eigenvalue weighted by molar-refractivity contribution is -0.122. The van der Waals surface area contributed by atoms with Crippen LogP contribution >= 0.6 is 11.6 Å². The molecule has 0 bridgehead atoms. The number of halogens is 1. The molecule has 3 aromatic rings. The molecule has 0 fully saturated rings. The van der Waals surface area contributed by atoms with Crippen LogP contribution in [0.25, 0.3) is 11.1 Å². The van der Waals surface area contributed by atoms with E-state index in [1.54, 1.807) is 7.11 Å². The summed E-state index contributed by atoms with van der Waals surface area (Å²) in [5.41, 5.74) is 9.32. The summed E-state index contributed by atoms with van der Waals surface area (Å²) < 4.78 is 10.9. The summed E-state index contributed by atoms with van der Waals surface area (Å²) in [6, 6.07) is 24.1. The van der Waals surface area contributed by atoms with Crippen molar-refractivity contribution in [1.29, 1.82) is 0 Å². The van der Waals surface area contributed by atoms with Crippen LogP contribution in [-0.4, -0.2) is 31.3 Å². The molecular formula is C23H21ClN2O4. The minimum absolute atomic E-state index is 0.191. The maximum absolute atomic E-state index is 8.36. The molecule has 0 spiro atoms. The van der Waals surface area contributed by atoms with Crippen LogP contribution in [0.2, 0.25) is 5.02 Å². The molecule has 0 saturated carbocycles. The van der Waals surface area contributed by atoms with E-state index in [0.29, 0.717) is 11.6 Å². The molecule has 154 valence electrons. The number of rotatable bonds is 4. The fraction of sp³-hybridized carbons (Fsp3) is 0.130. The number of benzene rings is 3. The van der Waals surface area contributed by atoms with Gasteiger partial charge in [0.1, 0.15) is 12.4 Å². The van der Waals surface area contributed by atoms with Gasteiger partial charge in [0.2, 0.25) is 0 Å². The molecular weight excluding hydrogens is 404 g/mol. The van der Waals surface area contributed by atoms with Crippen LogP contribution < -0.4 is 10.5 Å². The van der Waals surface area contributed by atoms with Crippen molar-refractivity contribution in [3.63, 3.8) is 0 Å². The van der Waals surface area contributed by atoms with Crippen molar-refractivity contribution in [1.82, 2.24) is 0 Å². The lowest BCUT2D eigenvalue weighted by atomic mass is 9.83. The van der Waals surface area contributed by atoms with E-state index in [-0.39, 0.29) is 12.5 Å². The van der Waals surface area contributed by atoms with E-state index in [0.717, 1.165) is 28.0 Å². The molecule has 1 unspecified atom stereocenters. The third kappa shape index (κ3) is 4.39. The molecule has 6 nitrogen and oxygen atoms in total. The molecule has 0 saturated heterocycles. The van der Waals surface area contributed by atoms with Gasteiger partial charge in [-0.25, -0.2) is 4.99 Å². The molecule has 1 atom stereocenters. The number of nitrogens with zero attached hydrogens (tertiary/aromatic N) is 1. The number of hydrogen-bond donors (Lipinski definition) is 2. The lowest BCUT2D eigenvalue weighted by Crippen LogP contribution is -2.27. The van der Waals surface area contributed by atoms with Gasteiger partial charge in [0.25, 0.3) is 12.5 Å². The highest BCUT2D eigenvalue weighted by molar-refractivity contribution is 6.30. The molecule has 3 aromatic carbocycles. The first-order valence-corrected chi connectivity index (χ1v) is 9.47. The quantitative estimate of drug-likeness (QED) is 0.609. The standard InChI is InChI=1S/C22H19ClN2O2.CH2O2/c1-26-20-7-3-5-16(13-20)15-4-2-6-18(12-15)22(14-27-21(24)25-22)17-8-10-19(23)11-9-17;2-1-3/h2-13H,14H2,1H3,(H2,24,25);1H,(H,2,3). The Hall–Kier alpha value is -3.51. The molecule has 0 amide bonds. The number of methoxy groups -OCH3 is 1. The lowest BCUT2D eigenvalue weighted by Gasteiger charge is -2.26. The van der Waals surface area contributed by atoms with Crippen LogP contribution in [0.15, 0.2) is 77.8 Å². The van der Waals surface area contributed by atoms with Gasteiger partial charge in [-0.2, -0.15) is 0 Å². The average Bonchev–Trinajstić information content (AvgIpc) is 3.18. The summed E-state index contributed by atoms with van der Waals surface area (Å²) in [5, 5.41) is 7.56. The number of hydrogen-bond acceptors (Lipinski definition) is 5. The number of ether oxygens (including phenoxy) is 2. The predicted molar refractivity (Wildman–Crippen MR) is 117 cm³/mol. The minimum atomic E-state index is -0.691. The fourth-order valence-corrected chi connectivity index (χ4v) is 3.50. The Morgan fingerprint density at radius 3 is 2.30 bits per heavy atom. The number of nitrogens with two attached hydrogens (primary N) is 1. The molecule has 0 aromatic heterocycles. The van der Waals surface area contributed by atoms with Crippen molar-refractivity contribution in [2.75, 3.05) is 13.7 Å². The van der Waals surface area contributed by atoms with Crippen molar-refractivity contribution in [3.05, 3.63) is 88.9 Å². The Bertz CT molecular complexity index is 1050. The highest BCUT2D eigenvalue weighted by Crippen LogP contribution is 2.39. The molecule has 7 heteroatoms.